The Balaban J connectivity index is 1.48. The van der Waals surface area contributed by atoms with Crippen molar-refractivity contribution >= 4 is 11.0 Å². The predicted molar refractivity (Wildman–Crippen MR) is 267 cm³/mol. The molecule has 1 N–H and O–H groups in total. The molecule has 0 radical (unpaired) electrons. The molecule has 0 spiro atoms. The van der Waals surface area contributed by atoms with Crippen molar-refractivity contribution in [2.75, 3.05) is 0 Å². The smallest absolute Gasteiger partial charge is 0.149 e. The number of pyridine rings is 1. The molecule has 0 amide bonds. The quantitative estimate of drug-likeness (QED) is 0.166. The summed E-state index contributed by atoms with van der Waals surface area (Å²) >= 11 is 0. The Morgan fingerprint density at radius 2 is 1.30 bits per heavy atom. The molecule has 2 aromatic heterocycles. The maximum absolute atomic E-state index is 12.6. The van der Waals surface area contributed by atoms with Gasteiger partial charge >= 0.3 is 0 Å². The molecule has 0 bridgehead atoms. The van der Waals surface area contributed by atoms with E-state index in [1.54, 1.807) is 0 Å². The zero-order chi connectivity index (χ0) is 51.1. The Bertz CT molecular complexity index is 3340. The predicted octanol–water partition coefficient (Wildman–Crippen LogP) is 15.9. The van der Waals surface area contributed by atoms with Crippen molar-refractivity contribution < 1.29 is 14.7 Å². The van der Waals surface area contributed by atoms with Crippen LogP contribution in [0.15, 0.2) is 139 Å². The second-order valence-electron chi connectivity index (χ2n) is 20.4. The van der Waals surface area contributed by atoms with Gasteiger partial charge in [0.15, 0.2) is 0 Å². The Morgan fingerprint density at radius 3 is 1.97 bits per heavy atom. The topological polar surface area (TPSA) is 50.9 Å². The number of rotatable bonds is 8. The molecular formula is C59H63N3O. The lowest BCUT2D eigenvalue weighted by atomic mass is 9.79. The van der Waals surface area contributed by atoms with Crippen molar-refractivity contribution in [3.63, 3.8) is 0 Å². The Labute approximate surface area is 385 Å². The number of imidazole rings is 1. The third-order valence-electron chi connectivity index (χ3n) is 11.7. The van der Waals surface area contributed by atoms with Crippen LogP contribution in [-0.2, 0) is 22.7 Å². The maximum Gasteiger partial charge on any atom is 0.149 e. The SMILES string of the molecule is [2H]c1nc(-c2cc(-c3cccc4c3nc(-c3cc(C(C)(C)C)cc(C(C)(C)C)c3O)n4-c3ccc(CC(C)C)cc3-c3ccccc3)cc(C(C)(C)C)c2)c([2H])c(-c2c([2H])c([2H])c(C)c([2H])c2[2H])c1[2H]. The number of aromatic nitrogens is 3. The van der Waals surface area contributed by atoms with E-state index in [2.05, 4.69) is 140 Å². The highest BCUT2D eigenvalue weighted by Crippen LogP contribution is 2.46. The maximum atomic E-state index is 12.6. The average molecular weight is 837 g/mol. The van der Waals surface area contributed by atoms with Gasteiger partial charge in [-0.25, -0.2) is 4.98 Å². The van der Waals surface area contributed by atoms with E-state index in [-0.39, 0.29) is 63.8 Å². The van der Waals surface area contributed by atoms with Gasteiger partial charge in [0.05, 0.1) is 37.6 Å². The van der Waals surface area contributed by atoms with Crippen LogP contribution in [0.1, 0.15) is 114 Å². The minimum atomic E-state index is -0.452. The summed E-state index contributed by atoms with van der Waals surface area (Å²) in [6.45, 7) is 25.1. The molecule has 0 aliphatic carbocycles. The fourth-order valence-corrected chi connectivity index (χ4v) is 8.22. The number of aromatic hydroxyl groups is 1. The fraction of sp³-hybridized carbons (Fsp3) is 0.288. The minimum absolute atomic E-state index is 0.0757. The van der Waals surface area contributed by atoms with E-state index in [0.717, 1.165) is 56.6 Å². The van der Waals surface area contributed by atoms with E-state index in [9.17, 15) is 6.48 Å². The summed E-state index contributed by atoms with van der Waals surface area (Å²) in [5.41, 5.74) is 9.81. The average Bonchev–Trinajstić information content (AvgIpc) is 3.68. The van der Waals surface area contributed by atoms with Crippen LogP contribution in [0.25, 0.3) is 72.7 Å². The molecule has 0 unspecified atom stereocenters. The van der Waals surface area contributed by atoms with E-state index >= 15 is 0 Å². The first-order chi connectivity index (χ1) is 32.7. The van der Waals surface area contributed by atoms with Gasteiger partial charge in [0.2, 0.25) is 0 Å². The van der Waals surface area contributed by atoms with Crippen molar-refractivity contribution in [3.05, 3.63) is 167 Å². The minimum Gasteiger partial charge on any atom is -0.507 e. The number of hydrogen-bond acceptors (Lipinski definition) is 3. The lowest BCUT2D eigenvalue weighted by Crippen LogP contribution is -2.17. The van der Waals surface area contributed by atoms with E-state index in [4.69, 9.17) is 13.2 Å². The van der Waals surface area contributed by atoms with Crippen LogP contribution < -0.4 is 0 Å². The molecule has 0 saturated heterocycles. The number of fused-ring (bicyclic) bond motifs is 1. The van der Waals surface area contributed by atoms with Crippen LogP contribution in [0.2, 0.25) is 0 Å². The molecule has 0 saturated carbocycles. The van der Waals surface area contributed by atoms with Gasteiger partial charge in [-0.05, 0) is 123 Å². The lowest BCUT2D eigenvalue weighted by molar-refractivity contribution is 0.446. The molecular weight excluding hydrogens is 767 g/mol. The molecule has 63 heavy (non-hydrogen) atoms. The monoisotopic (exact) mass is 837 g/mol. The fourth-order valence-electron chi connectivity index (χ4n) is 8.22. The van der Waals surface area contributed by atoms with Gasteiger partial charge in [0.1, 0.15) is 11.6 Å². The first kappa shape index (κ1) is 35.2. The molecule has 0 aliphatic heterocycles. The van der Waals surface area contributed by atoms with E-state index in [1.165, 1.54) is 12.5 Å². The zero-order valence-corrected chi connectivity index (χ0v) is 38.8. The highest BCUT2D eigenvalue weighted by Gasteiger charge is 2.29. The summed E-state index contributed by atoms with van der Waals surface area (Å²) in [6, 6.07) is 31.2. The van der Waals surface area contributed by atoms with Crippen LogP contribution in [0.3, 0.4) is 0 Å². The van der Waals surface area contributed by atoms with Crippen LogP contribution in [0.5, 0.6) is 5.75 Å². The van der Waals surface area contributed by atoms with Gasteiger partial charge in [-0.3, -0.25) is 9.55 Å². The largest absolute Gasteiger partial charge is 0.507 e. The molecule has 0 atom stereocenters. The van der Waals surface area contributed by atoms with Gasteiger partial charge in [-0.2, -0.15) is 0 Å². The normalized spacial score (nSPS) is 14.0. The summed E-state index contributed by atoms with van der Waals surface area (Å²) in [4.78, 5) is 10.1. The molecule has 320 valence electrons. The third kappa shape index (κ3) is 8.87. The first-order valence-corrected chi connectivity index (χ1v) is 22.0. The van der Waals surface area contributed by atoms with Crippen LogP contribution >= 0.6 is 0 Å². The molecule has 0 aliphatic rings. The van der Waals surface area contributed by atoms with Crippen molar-refractivity contribution in [1.29, 1.82) is 0 Å². The van der Waals surface area contributed by atoms with Crippen LogP contribution in [-0.4, -0.2) is 19.6 Å². The van der Waals surface area contributed by atoms with Crippen LogP contribution in [0.4, 0.5) is 0 Å². The van der Waals surface area contributed by atoms with Crippen molar-refractivity contribution in [3.8, 4) is 67.5 Å². The number of benzene rings is 6. The first-order valence-electron chi connectivity index (χ1n) is 25.5. The summed E-state index contributed by atoms with van der Waals surface area (Å²) < 4.78 is 64.5. The number of hydrogen-bond donors (Lipinski definition) is 1. The highest BCUT2D eigenvalue weighted by atomic mass is 16.3. The standard InChI is InChI=1S/C59H63N3O/c1-37(2)29-39-23-26-52(48(30-39)41-17-14-13-15-18-41)62-53-20-16-19-47(54(53)61-56(62)49-35-46(58(7,8)9)36-50(55(49)63)59(10,11)12)43-31-44(33-45(32-43)57(4,5)6)51-34-42(27-28-60-51)40-24-21-38(3)22-25-40/h13-28,30-37,63H,29H2,1-12H3/i21D,22D,24D,25D,27D,28D,34D. The summed E-state index contributed by atoms with van der Waals surface area (Å²) in [6.07, 6.45) is 0.447. The molecule has 4 nitrogen and oxygen atoms in total. The van der Waals surface area contributed by atoms with Crippen LogP contribution in [0, 0.1) is 12.8 Å². The lowest BCUT2D eigenvalue weighted by Gasteiger charge is -2.27. The molecule has 8 aromatic rings. The number of para-hydroxylation sites is 1. The van der Waals surface area contributed by atoms with Crippen molar-refractivity contribution in [2.24, 2.45) is 5.92 Å². The molecule has 2 heterocycles. The summed E-state index contributed by atoms with van der Waals surface area (Å²) in [7, 11) is 0. The van der Waals surface area contributed by atoms with Gasteiger partial charge in [0, 0.05) is 28.4 Å². The Hall–Kier alpha value is -6.26. The van der Waals surface area contributed by atoms with Gasteiger partial charge < -0.3 is 5.11 Å². The zero-order valence-electron chi connectivity index (χ0n) is 45.8. The Kier molecular flexibility index (Phi) is 9.20. The summed E-state index contributed by atoms with van der Waals surface area (Å²) in [5, 5.41) is 12.6. The van der Waals surface area contributed by atoms with E-state index < -0.39 is 23.0 Å². The molecule has 0 fully saturated rings. The van der Waals surface area contributed by atoms with Gasteiger partial charge in [-0.15, -0.1) is 0 Å². The Morgan fingerprint density at radius 1 is 0.619 bits per heavy atom. The molecule has 6 aromatic carbocycles. The third-order valence-corrected chi connectivity index (χ3v) is 11.7. The second-order valence-corrected chi connectivity index (χ2v) is 20.4. The highest BCUT2D eigenvalue weighted by molar-refractivity contribution is 5.98. The second kappa shape index (κ2) is 16.5. The van der Waals surface area contributed by atoms with Gasteiger partial charge in [-0.1, -0.05) is 167 Å². The number of phenols is 1. The number of nitrogens with zero attached hydrogens (tertiary/aromatic N) is 3. The number of phenolic OH excluding ortho intramolecular Hbond substituents is 1. The van der Waals surface area contributed by atoms with Gasteiger partial charge in [0.25, 0.3) is 0 Å². The van der Waals surface area contributed by atoms with E-state index in [1.807, 2.05) is 42.5 Å². The van der Waals surface area contributed by atoms with E-state index in [0.29, 0.717) is 28.4 Å². The van der Waals surface area contributed by atoms with Crippen molar-refractivity contribution in [1.82, 2.24) is 14.5 Å². The summed E-state index contributed by atoms with van der Waals surface area (Å²) in [5.74, 6) is 1.17. The molecule has 8 rings (SSSR count). The van der Waals surface area contributed by atoms with Crippen molar-refractivity contribution in [2.45, 2.75) is 106 Å². The molecule has 4 heteroatoms.